The topological polar surface area (TPSA) is 79.1 Å². The van der Waals surface area contributed by atoms with E-state index < -0.39 is 0 Å². The first-order valence-corrected chi connectivity index (χ1v) is 9.51. The second-order valence-electron chi connectivity index (χ2n) is 6.24. The number of nitrogens with zero attached hydrogens (tertiary/aromatic N) is 2. The van der Waals surface area contributed by atoms with E-state index in [1.54, 1.807) is 19.2 Å². The average molecular weight is 535 g/mol. The summed E-state index contributed by atoms with van der Waals surface area (Å²) in [6.45, 7) is 4.25. The van der Waals surface area contributed by atoms with Gasteiger partial charge in [0, 0.05) is 37.8 Å². The van der Waals surface area contributed by atoms with Crippen LogP contribution in [0.1, 0.15) is 22.5 Å². The van der Waals surface area contributed by atoms with Crippen molar-refractivity contribution in [2.24, 2.45) is 4.99 Å². The molecule has 0 saturated carbocycles. The van der Waals surface area contributed by atoms with Crippen LogP contribution in [0.4, 0.5) is 0 Å². The zero-order valence-corrected chi connectivity index (χ0v) is 20.0. The van der Waals surface area contributed by atoms with Crippen molar-refractivity contribution in [3.8, 4) is 5.75 Å². The molecule has 0 bridgehead atoms. The van der Waals surface area contributed by atoms with Crippen LogP contribution in [-0.4, -0.2) is 57.1 Å². The maximum absolute atomic E-state index is 12.0. The first-order chi connectivity index (χ1) is 13.5. The van der Waals surface area contributed by atoms with E-state index in [1.165, 1.54) is 6.26 Å². The molecule has 0 saturated heterocycles. The summed E-state index contributed by atoms with van der Waals surface area (Å²) in [5, 5.41) is 6.77. The second-order valence-corrected chi connectivity index (χ2v) is 6.68. The number of nitrogens with one attached hydrogen (secondary N) is 2. The van der Waals surface area contributed by atoms with Gasteiger partial charge >= 0.3 is 0 Å². The summed E-state index contributed by atoms with van der Waals surface area (Å²) in [7, 11) is 3.68. The number of ether oxygens (including phenoxy) is 1. The Morgan fingerprint density at radius 1 is 1.28 bits per heavy atom. The number of carbonyl (C=O) groups excluding carboxylic acids is 1. The minimum atomic E-state index is -0.192. The lowest BCUT2D eigenvalue weighted by Gasteiger charge is -2.22. The highest BCUT2D eigenvalue weighted by atomic mass is 127. The molecule has 2 N–H and O–H groups in total. The van der Waals surface area contributed by atoms with Gasteiger partial charge in [-0.3, -0.25) is 9.79 Å². The number of likely N-dealkylation sites (N-methyl/N-ethyl adjacent to an activating group) is 1. The van der Waals surface area contributed by atoms with Gasteiger partial charge in [0.1, 0.15) is 12.4 Å². The Hall–Kier alpha value is -1.94. The Balaban J connectivity index is 0.00000420. The maximum atomic E-state index is 12.0. The summed E-state index contributed by atoms with van der Waals surface area (Å²) in [5.74, 6) is 1.68. The van der Waals surface area contributed by atoms with Crippen molar-refractivity contribution in [1.82, 2.24) is 15.5 Å². The molecule has 0 atom stereocenters. The summed E-state index contributed by atoms with van der Waals surface area (Å²) in [5.41, 5.74) is 0.831. The average Bonchev–Trinajstić information content (AvgIpc) is 3.10. The molecule has 2 aromatic rings. The van der Waals surface area contributed by atoms with Gasteiger partial charge in [-0.15, -0.1) is 24.0 Å². The van der Waals surface area contributed by atoms with E-state index in [-0.39, 0.29) is 29.9 Å². The van der Waals surface area contributed by atoms with Gasteiger partial charge in [0.25, 0.3) is 5.91 Å². The molecule has 1 aromatic heterocycles. The monoisotopic (exact) mass is 534 g/mol. The number of hydrogen-bond donors (Lipinski definition) is 2. The number of guanidine groups is 1. The molecule has 0 spiro atoms. The van der Waals surface area contributed by atoms with Crippen LogP contribution in [0.25, 0.3) is 0 Å². The van der Waals surface area contributed by atoms with Crippen molar-refractivity contribution in [2.75, 3.05) is 40.3 Å². The summed E-state index contributed by atoms with van der Waals surface area (Å²) < 4.78 is 10.9. The Kier molecular flexibility index (Phi) is 11.5. The molecule has 0 aliphatic heterocycles. The Labute approximate surface area is 193 Å². The van der Waals surface area contributed by atoms with E-state index in [0.717, 1.165) is 23.7 Å². The molecule has 0 fully saturated rings. The Morgan fingerprint density at radius 3 is 2.69 bits per heavy atom. The number of amides is 1. The van der Waals surface area contributed by atoms with Gasteiger partial charge in [0.05, 0.1) is 12.8 Å². The lowest BCUT2D eigenvalue weighted by Crippen LogP contribution is -2.41. The van der Waals surface area contributed by atoms with E-state index >= 15 is 0 Å². The van der Waals surface area contributed by atoms with Crippen molar-refractivity contribution < 1.29 is 13.9 Å². The maximum Gasteiger partial charge on any atom is 0.287 e. The van der Waals surface area contributed by atoms with Crippen LogP contribution >= 0.6 is 35.6 Å². The molecule has 9 heteroatoms. The fourth-order valence-corrected chi connectivity index (χ4v) is 2.70. The van der Waals surface area contributed by atoms with Crippen molar-refractivity contribution in [3.05, 3.63) is 52.9 Å². The predicted octanol–water partition coefficient (Wildman–Crippen LogP) is 3.57. The number of benzene rings is 1. The number of rotatable bonds is 9. The van der Waals surface area contributed by atoms with E-state index in [0.29, 0.717) is 37.0 Å². The van der Waals surface area contributed by atoms with Crippen molar-refractivity contribution >= 4 is 47.4 Å². The zero-order valence-electron chi connectivity index (χ0n) is 16.9. The van der Waals surface area contributed by atoms with Crippen LogP contribution in [0.3, 0.4) is 0 Å². The Bertz CT molecular complexity index is 798. The minimum absolute atomic E-state index is 0. The van der Waals surface area contributed by atoms with Gasteiger partial charge in [-0.05, 0) is 37.6 Å². The summed E-state index contributed by atoms with van der Waals surface area (Å²) in [6, 6.07) is 9.09. The van der Waals surface area contributed by atoms with Crippen molar-refractivity contribution in [1.29, 1.82) is 0 Å². The third-order valence-corrected chi connectivity index (χ3v) is 4.29. The number of halogens is 2. The largest absolute Gasteiger partial charge is 0.492 e. The lowest BCUT2D eigenvalue weighted by atomic mass is 10.2. The summed E-state index contributed by atoms with van der Waals surface area (Å²) in [4.78, 5) is 18.2. The first-order valence-electron chi connectivity index (χ1n) is 9.13. The van der Waals surface area contributed by atoms with Gasteiger partial charge < -0.3 is 24.7 Å². The highest BCUT2D eigenvalue weighted by molar-refractivity contribution is 14.0. The van der Waals surface area contributed by atoms with Crippen molar-refractivity contribution in [3.63, 3.8) is 0 Å². The zero-order chi connectivity index (χ0) is 20.4. The number of hydrogen-bond acceptors (Lipinski definition) is 4. The minimum Gasteiger partial charge on any atom is -0.492 e. The van der Waals surface area contributed by atoms with Crippen LogP contribution in [-0.2, 0) is 0 Å². The molecule has 160 valence electrons. The van der Waals surface area contributed by atoms with Crippen molar-refractivity contribution in [2.45, 2.75) is 13.3 Å². The van der Waals surface area contributed by atoms with E-state index in [9.17, 15) is 4.79 Å². The standard InChI is InChI=1S/C20H27ClN4O3.HI/c1-15-8-12-28-18(15)19(26)23-9-5-10-24-20(22-2)25(3)11-13-27-17-7-4-6-16(21)14-17;/h4,6-8,12,14H,5,9-11,13H2,1-3H3,(H,22,24)(H,23,26);1H. The number of aliphatic imine (C=N–C) groups is 1. The number of carbonyl (C=O) groups is 1. The van der Waals surface area contributed by atoms with Gasteiger partial charge in [-0.1, -0.05) is 17.7 Å². The highest BCUT2D eigenvalue weighted by Crippen LogP contribution is 2.16. The third-order valence-electron chi connectivity index (χ3n) is 4.06. The molecule has 2 rings (SSSR count). The molecule has 0 radical (unpaired) electrons. The summed E-state index contributed by atoms with van der Waals surface area (Å²) in [6.07, 6.45) is 2.28. The Morgan fingerprint density at radius 2 is 2.03 bits per heavy atom. The van der Waals surface area contributed by atoms with Crippen LogP contribution < -0.4 is 15.4 Å². The van der Waals surface area contributed by atoms with Gasteiger partial charge in [-0.2, -0.15) is 0 Å². The fourth-order valence-electron chi connectivity index (χ4n) is 2.52. The lowest BCUT2D eigenvalue weighted by molar-refractivity contribution is 0.0925. The van der Waals surface area contributed by atoms with Crippen LogP contribution in [0.2, 0.25) is 5.02 Å². The first kappa shape index (κ1) is 25.1. The quantitative estimate of drug-likeness (QED) is 0.223. The van der Waals surface area contributed by atoms with Crippen LogP contribution in [0.15, 0.2) is 46.0 Å². The second kappa shape index (κ2) is 13.3. The number of furan rings is 1. The van der Waals surface area contributed by atoms with Gasteiger partial charge in [0.15, 0.2) is 11.7 Å². The SMILES string of the molecule is CN=C(NCCCNC(=O)c1occc1C)N(C)CCOc1cccc(Cl)c1.I. The normalized spacial score (nSPS) is 10.8. The van der Waals surface area contributed by atoms with E-state index in [2.05, 4.69) is 15.6 Å². The van der Waals surface area contributed by atoms with Crippen LogP contribution in [0, 0.1) is 6.92 Å². The fraction of sp³-hybridized carbons (Fsp3) is 0.400. The van der Waals surface area contributed by atoms with Crippen LogP contribution in [0.5, 0.6) is 5.75 Å². The number of aryl methyl sites for hydroxylation is 1. The molecule has 0 aliphatic carbocycles. The predicted molar refractivity (Wildman–Crippen MR) is 127 cm³/mol. The molecular formula is C20H28ClIN4O3. The summed E-state index contributed by atoms with van der Waals surface area (Å²) >= 11 is 5.95. The van der Waals surface area contributed by atoms with E-state index in [4.69, 9.17) is 20.8 Å². The molecule has 1 heterocycles. The molecule has 29 heavy (non-hydrogen) atoms. The molecule has 1 aromatic carbocycles. The van der Waals surface area contributed by atoms with Gasteiger partial charge in [0.2, 0.25) is 0 Å². The molecule has 0 aliphatic rings. The molecule has 1 amide bonds. The smallest absolute Gasteiger partial charge is 0.287 e. The van der Waals surface area contributed by atoms with Gasteiger partial charge in [-0.25, -0.2) is 0 Å². The molecule has 7 nitrogen and oxygen atoms in total. The molecular weight excluding hydrogens is 507 g/mol. The third kappa shape index (κ3) is 8.53. The highest BCUT2D eigenvalue weighted by Gasteiger charge is 2.11. The molecule has 0 unspecified atom stereocenters. The van der Waals surface area contributed by atoms with E-state index in [1.807, 2.05) is 37.1 Å².